The number of carbonyl (C=O) groups is 2. The van der Waals surface area contributed by atoms with Crippen LogP contribution < -0.4 is 19.7 Å². The van der Waals surface area contributed by atoms with Gasteiger partial charge in [-0.1, -0.05) is 35.9 Å². The molecule has 3 aliphatic heterocycles. The zero-order chi connectivity index (χ0) is 29.9. The largest absolute Gasteiger partial charge is 0.490 e. The molecule has 3 aromatic carbocycles. The number of anilines is 1. The van der Waals surface area contributed by atoms with Gasteiger partial charge in [-0.25, -0.2) is 0 Å². The molecule has 3 aliphatic rings. The van der Waals surface area contributed by atoms with Gasteiger partial charge in [-0.2, -0.15) is 0 Å². The van der Waals surface area contributed by atoms with Crippen molar-refractivity contribution in [3.05, 3.63) is 87.9 Å². The molecule has 2 atom stereocenters. The van der Waals surface area contributed by atoms with E-state index in [1.54, 1.807) is 0 Å². The molecule has 3 aromatic rings. The van der Waals surface area contributed by atoms with Crippen molar-refractivity contribution in [1.29, 1.82) is 0 Å². The van der Waals surface area contributed by atoms with Crippen molar-refractivity contribution in [2.45, 2.75) is 32.2 Å². The molecule has 0 spiro atoms. The van der Waals surface area contributed by atoms with Gasteiger partial charge < -0.3 is 24.6 Å². The van der Waals surface area contributed by atoms with Crippen LogP contribution >= 0.6 is 11.6 Å². The molecule has 2 amide bonds. The lowest BCUT2D eigenvalue weighted by Crippen LogP contribution is -2.51. The maximum atomic E-state index is 14.1. The predicted octanol–water partition coefficient (Wildman–Crippen LogP) is 4.91. The molecule has 43 heavy (non-hydrogen) atoms. The standard InChI is InChI=1S/C34H39ClN4O4/c1-3-42-29-20-23-12-14-39-32(28(23)22-30(29)43-4-2)31(26-10-5-6-11-27(26)34(39)41)33(40)36-13-15-37-16-18-38(19-17-37)25-9-7-8-24(35)21-25/h5-11,20-22,31-32H,3-4,12-19H2,1-2H3,(H,36,40)/t31-,32-/m0/s1. The highest BCUT2D eigenvalue weighted by Crippen LogP contribution is 2.48. The fraction of sp³-hybridized carbons (Fsp3) is 0.412. The van der Waals surface area contributed by atoms with E-state index < -0.39 is 12.0 Å². The molecule has 0 radical (unpaired) electrons. The number of hydrogen-bond acceptors (Lipinski definition) is 6. The first-order chi connectivity index (χ1) is 21.0. The Hall–Kier alpha value is -3.75. The SMILES string of the molecule is CCOc1cc2c(cc1OCC)[C@H]1[C@@H](C(=O)NCCN3CCN(c4cccc(Cl)c4)CC3)c3ccccc3C(=O)N1CC2. The molecule has 0 bridgehead atoms. The van der Waals surface area contributed by atoms with Crippen molar-refractivity contribution < 1.29 is 19.1 Å². The van der Waals surface area contributed by atoms with E-state index in [4.69, 9.17) is 21.1 Å². The van der Waals surface area contributed by atoms with E-state index in [9.17, 15) is 9.59 Å². The lowest BCUT2D eigenvalue weighted by atomic mass is 9.75. The van der Waals surface area contributed by atoms with E-state index >= 15 is 0 Å². The minimum atomic E-state index is -0.528. The maximum Gasteiger partial charge on any atom is 0.254 e. The van der Waals surface area contributed by atoms with Gasteiger partial charge in [0.05, 0.1) is 25.2 Å². The van der Waals surface area contributed by atoms with Gasteiger partial charge in [-0.05, 0) is 73.4 Å². The maximum absolute atomic E-state index is 14.1. The molecule has 1 N–H and O–H groups in total. The van der Waals surface area contributed by atoms with Crippen LogP contribution in [0.4, 0.5) is 5.69 Å². The van der Waals surface area contributed by atoms with E-state index in [1.807, 2.05) is 73.3 Å². The van der Waals surface area contributed by atoms with Gasteiger partial charge in [0.25, 0.3) is 5.91 Å². The molecule has 6 rings (SSSR count). The van der Waals surface area contributed by atoms with Crippen LogP contribution in [0.1, 0.15) is 52.9 Å². The van der Waals surface area contributed by atoms with E-state index in [2.05, 4.69) is 21.2 Å². The third kappa shape index (κ3) is 5.91. The number of nitrogens with one attached hydrogen (secondary N) is 1. The molecule has 9 heteroatoms. The quantitative estimate of drug-likeness (QED) is 0.375. The number of rotatable bonds is 9. The molecule has 0 aromatic heterocycles. The summed E-state index contributed by atoms with van der Waals surface area (Å²) in [7, 11) is 0. The Balaban J connectivity index is 1.20. The third-order valence-electron chi connectivity index (χ3n) is 8.74. The molecule has 1 saturated heterocycles. The fourth-order valence-electron chi connectivity index (χ4n) is 6.70. The molecular weight excluding hydrogens is 564 g/mol. The summed E-state index contributed by atoms with van der Waals surface area (Å²) in [4.78, 5) is 34.4. The summed E-state index contributed by atoms with van der Waals surface area (Å²) >= 11 is 6.20. The van der Waals surface area contributed by atoms with Gasteiger partial charge in [0.2, 0.25) is 5.91 Å². The summed E-state index contributed by atoms with van der Waals surface area (Å²) in [6.45, 7) is 10.4. The predicted molar refractivity (Wildman–Crippen MR) is 169 cm³/mol. The van der Waals surface area contributed by atoms with Crippen molar-refractivity contribution in [3.8, 4) is 11.5 Å². The number of fused-ring (bicyclic) bond motifs is 4. The highest BCUT2D eigenvalue weighted by atomic mass is 35.5. The Morgan fingerprint density at radius 1 is 0.907 bits per heavy atom. The number of ether oxygens (including phenoxy) is 2. The monoisotopic (exact) mass is 602 g/mol. The molecule has 0 saturated carbocycles. The molecule has 1 fully saturated rings. The van der Waals surface area contributed by atoms with E-state index in [0.29, 0.717) is 49.8 Å². The zero-order valence-electron chi connectivity index (χ0n) is 24.9. The highest BCUT2D eigenvalue weighted by molar-refractivity contribution is 6.30. The average Bonchev–Trinajstić information content (AvgIpc) is 3.02. The van der Waals surface area contributed by atoms with Gasteiger partial charge >= 0.3 is 0 Å². The van der Waals surface area contributed by atoms with E-state index in [1.165, 1.54) is 0 Å². The summed E-state index contributed by atoms with van der Waals surface area (Å²) < 4.78 is 11.8. The van der Waals surface area contributed by atoms with Gasteiger partial charge in [-0.15, -0.1) is 0 Å². The fourth-order valence-corrected chi connectivity index (χ4v) is 6.89. The van der Waals surface area contributed by atoms with Crippen LogP contribution in [0, 0.1) is 0 Å². The van der Waals surface area contributed by atoms with Crippen molar-refractivity contribution in [2.24, 2.45) is 0 Å². The minimum Gasteiger partial charge on any atom is -0.490 e. The molecule has 0 aliphatic carbocycles. The summed E-state index contributed by atoms with van der Waals surface area (Å²) in [6, 6.07) is 19.1. The number of nitrogens with zero attached hydrogens (tertiary/aromatic N) is 3. The second kappa shape index (κ2) is 12.9. The number of piperazine rings is 1. The van der Waals surface area contributed by atoms with Crippen molar-refractivity contribution in [3.63, 3.8) is 0 Å². The second-order valence-electron chi connectivity index (χ2n) is 11.2. The number of halogens is 1. The van der Waals surface area contributed by atoms with Crippen LogP contribution in [-0.4, -0.2) is 80.6 Å². The topological polar surface area (TPSA) is 74.4 Å². The first-order valence-electron chi connectivity index (χ1n) is 15.3. The van der Waals surface area contributed by atoms with E-state index in [-0.39, 0.29) is 11.8 Å². The lowest BCUT2D eigenvalue weighted by molar-refractivity contribution is -0.124. The molecule has 0 unspecified atom stereocenters. The third-order valence-corrected chi connectivity index (χ3v) is 8.98. The summed E-state index contributed by atoms with van der Waals surface area (Å²) in [5.41, 5.74) is 4.58. The number of hydrogen-bond donors (Lipinski definition) is 1. The van der Waals surface area contributed by atoms with Gasteiger partial charge in [-0.3, -0.25) is 14.5 Å². The molecule has 8 nitrogen and oxygen atoms in total. The first kappa shape index (κ1) is 29.3. The Kier molecular flexibility index (Phi) is 8.77. The van der Waals surface area contributed by atoms with Gasteiger partial charge in [0.15, 0.2) is 11.5 Å². The minimum absolute atomic E-state index is 0.0280. The number of amides is 2. The van der Waals surface area contributed by atoms with Gasteiger partial charge in [0, 0.05) is 62.1 Å². The Bertz CT molecular complexity index is 1490. The second-order valence-corrected chi connectivity index (χ2v) is 11.7. The van der Waals surface area contributed by atoms with Crippen LogP contribution in [0.3, 0.4) is 0 Å². The lowest BCUT2D eigenvalue weighted by Gasteiger charge is -2.45. The number of carbonyl (C=O) groups excluding carboxylic acids is 2. The molecular formula is C34H39ClN4O4. The summed E-state index contributed by atoms with van der Waals surface area (Å²) in [5, 5.41) is 3.98. The summed E-state index contributed by atoms with van der Waals surface area (Å²) in [6.07, 6.45) is 0.696. The Morgan fingerprint density at radius 2 is 1.65 bits per heavy atom. The smallest absolute Gasteiger partial charge is 0.254 e. The normalized spacial score (nSPS) is 19.7. The van der Waals surface area contributed by atoms with Crippen LogP contribution in [0.15, 0.2) is 60.7 Å². The summed E-state index contributed by atoms with van der Waals surface area (Å²) in [5.74, 6) is 0.731. The first-order valence-corrected chi connectivity index (χ1v) is 15.7. The average molecular weight is 603 g/mol. The van der Waals surface area contributed by atoms with Gasteiger partial charge in [0.1, 0.15) is 0 Å². The zero-order valence-corrected chi connectivity index (χ0v) is 25.6. The van der Waals surface area contributed by atoms with E-state index in [0.717, 1.165) is 60.1 Å². The van der Waals surface area contributed by atoms with Crippen molar-refractivity contribution in [2.75, 3.05) is 63.9 Å². The Morgan fingerprint density at radius 3 is 2.40 bits per heavy atom. The van der Waals surface area contributed by atoms with Crippen molar-refractivity contribution >= 4 is 29.1 Å². The number of benzene rings is 3. The van der Waals surface area contributed by atoms with Crippen LogP contribution in [0.2, 0.25) is 5.02 Å². The molecule has 3 heterocycles. The van der Waals surface area contributed by atoms with Crippen molar-refractivity contribution in [1.82, 2.24) is 15.1 Å². The van der Waals surface area contributed by atoms with Crippen LogP contribution in [0.25, 0.3) is 0 Å². The van der Waals surface area contributed by atoms with Crippen LogP contribution in [-0.2, 0) is 11.2 Å². The molecule has 226 valence electrons. The Labute approximate surface area is 258 Å². The highest BCUT2D eigenvalue weighted by Gasteiger charge is 2.46. The van der Waals surface area contributed by atoms with Crippen LogP contribution in [0.5, 0.6) is 11.5 Å².